The fourth-order valence-electron chi connectivity index (χ4n) is 1.70. The zero-order chi connectivity index (χ0) is 13.0. The molecule has 2 rings (SSSR count). The molecule has 6 nitrogen and oxygen atoms in total. The third kappa shape index (κ3) is 2.92. The topological polar surface area (TPSA) is 87.0 Å². The minimum Gasteiger partial charge on any atom is -0.333 e. The molecule has 1 aromatic heterocycles. The van der Waals surface area contributed by atoms with E-state index in [1.165, 1.54) is 12.1 Å². The van der Waals surface area contributed by atoms with Crippen LogP contribution in [0.1, 0.15) is 11.3 Å². The summed E-state index contributed by atoms with van der Waals surface area (Å²) in [6.07, 6.45) is 4.44. The third-order valence-corrected chi connectivity index (χ3v) is 2.60. The largest absolute Gasteiger partial charge is 0.333 e. The Balaban J connectivity index is 2.06. The number of hydrogen-bond acceptors (Lipinski definition) is 4. The smallest absolute Gasteiger partial charge is 0.269 e. The van der Waals surface area contributed by atoms with E-state index in [-0.39, 0.29) is 5.69 Å². The van der Waals surface area contributed by atoms with E-state index in [1.807, 2.05) is 10.8 Å². The van der Waals surface area contributed by atoms with Gasteiger partial charge in [-0.3, -0.25) is 10.1 Å². The highest BCUT2D eigenvalue weighted by atomic mass is 16.6. The minimum atomic E-state index is -0.402. The zero-order valence-corrected chi connectivity index (χ0v) is 9.82. The molecule has 0 spiro atoms. The van der Waals surface area contributed by atoms with E-state index in [0.29, 0.717) is 13.1 Å². The zero-order valence-electron chi connectivity index (χ0n) is 9.82. The number of benzene rings is 1. The van der Waals surface area contributed by atoms with Crippen molar-refractivity contribution >= 4 is 5.69 Å². The van der Waals surface area contributed by atoms with Crippen LogP contribution in [0.4, 0.5) is 5.69 Å². The Morgan fingerprint density at radius 3 is 2.67 bits per heavy atom. The Bertz CT molecular complexity index is 533. The number of nitro benzene ring substituents is 1. The molecule has 2 N–H and O–H groups in total. The van der Waals surface area contributed by atoms with Crippen LogP contribution in [0.25, 0.3) is 0 Å². The molecule has 2 aromatic rings. The molecular formula is C12H14N4O2. The lowest BCUT2D eigenvalue weighted by atomic mass is 10.2. The highest BCUT2D eigenvalue weighted by molar-refractivity contribution is 5.32. The molecule has 0 aliphatic rings. The van der Waals surface area contributed by atoms with E-state index in [4.69, 9.17) is 5.73 Å². The molecule has 0 radical (unpaired) electrons. The summed E-state index contributed by atoms with van der Waals surface area (Å²) in [7, 11) is 0. The Morgan fingerprint density at radius 2 is 2.06 bits per heavy atom. The van der Waals surface area contributed by atoms with Crippen LogP contribution in [0.5, 0.6) is 0 Å². The number of rotatable bonds is 5. The second-order valence-electron chi connectivity index (χ2n) is 4.00. The lowest BCUT2D eigenvalue weighted by Gasteiger charge is -2.01. The normalized spacial score (nSPS) is 10.5. The third-order valence-electron chi connectivity index (χ3n) is 2.60. The molecule has 0 saturated carbocycles. The standard InChI is InChI=1S/C12H14N4O2/c13-6-5-11-8-15(9-14-11)7-10-1-3-12(4-2-10)16(17)18/h1-4,8-9H,5-7,13H2. The quantitative estimate of drug-likeness (QED) is 0.637. The van der Waals surface area contributed by atoms with Crippen LogP contribution in [-0.4, -0.2) is 21.0 Å². The lowest BCUT2D eigenvalue weighted by Crippen LogP contribution is -2.02. The molecule has 0 saturated heterocycles. The van der Waals surface area contributed by atoms with Crippen molar-refractivity contribution in [3.8, 4) is 0 Å². The van der Waals surface area contributed by atoms with Gasteiger partial charge < -0.3 is 10.3 Å². The molecule has 18 heavy (non-hydrogen) atoms. The molecule has 0 bridgehead atoms. The Kier molecular flexibility index (Phi) is 3.69. The van der Waals surface area contributed by atoms with Crippen LogP contribution in [0.15, 0.2) is 36.8 Å². The van der Waals surface area contributed by atoms with Gasteiger partial charge in [0.1, 0.15) is 0 Å². The summed E-state index contributed by atoms with van der Waals surface area (Å²) in [5.41, 5.74) is 7.51. The van der Waals surface area contributed by atoms with E-state index >= 15 is 0 Å². The number of nitrogens with zero attached hydrogens (tertiary/aromatic N) is 3. The molecule has 0 amide bonds. The highest BCUT2D eigenvalue weighted by Crippen LogP contribution is 2.13. The maximum absolute atomic E-state index is 10.5. The summed E-state index contributed by atoms with van der Waals surface area (Å²) in [5.74, 6) is 0. The van der Waals surface area contributed by atoms with Crippen molar-refractivity contribution in [1.29, 1.82) is 0 Å². The summed E-state index contributed by atoms with van der Waals surface area (Å²) < 4.78 is 1.94. The first kappa shape index (κ1) is 12.3. The number of imidazole rings is 1. The van der Waals surface area contributed by atoms with Gasteiger partial charge in [0.2, 0.25) is 0 Å². The van der Waals surface area contributed by atoms with Gasteiger partial charge in [-0.1, -0.05) is 12.1 Å². The van der Waals surface area contributed by atoms with Crippen molar-refractivity contribution in [3.05, 3.63) is 58.2 Å². The van der Waals surface area contributed by atoms with Gasteiger partial charge in [-0.2, -0.15) is 0 Å². The summed E-state index contributed by atoms with van der Waals surface area (Å²) in [6, 6.07) is 6.52. The fraction of sp³-hybridized carbons (Fsp3) is 0.250. The Hall–Kier alpha value is -2.21. The summed E-state index contributed by atoms with van der Waals surface area (Å²) in [6.45, 7) is 1.23. The van der Waals surface area contributed by atoms with Crippen molar-refractivity contribution in [2.75, 3.05) is 6.54 Å². The second-order valence-corrected chi connectivity index (χ2v) is 4.00. The van der Waals surface area contributed by atoms with Crippen molar-refractivity contribution in [2.24, 2.45) is 5.73 Å². The highest BCUT2D eigenvalue weighted by Gasteiger charge is 2.04. The minimum absolute atomic E-state index is 0.105. The number of aromatic nitrogens is 2. The maximum Gasteiger partial charge on any atom is 0.269 e. The molecule has 0 atom stereocenters. The molecule has 0 unspecified atom stereocenters. The van der Waals surface area contributed by atoms with E-state index in [0.717, 1.165) is 17.7 Å². The average Bonchev–Trinajstić information content (AvgIpc) is 2.78. The van der Waals surface area contributed by atoms with Gasteiger partial charge in [-0.25, -0.2) is 4.98 Å². The first-order chi connectivity index (χ1) is 8.69. The van der Waals surface area contributed by atoms with Crippen LogP contribution in [-0.2, 0) is 13.0 Å². The van der Waals surface area contributed by atoms with Crippen molar-refractivity contribution in [1.82, 2.24) is 9.55 Å². The number of nitro groups is 1. The predicted molar refractivity (Wildman–Crippen MR) is 67.2 cm³/mol. The van der Waals surface area contributed by atoms with Gasteiger partial charge in [0, 0.05) is 31.3 Å². The second kappa shape index (κ2) is 5.42. The van der Waals surface area contributed by atoms with Crippen LogP contribution in [0, 0.1) is 10.1 Å². The molecule has 0 fully saturated rings. The number of nitrogens with two attached hydrogens (primary N) is 1. The van der Waals surface area contributed by atoms with Gasteiger partial charge >= 0.3 is 0 Å². The molecular weight excluding hydrogens is 232 g/mol. The maximum atomic E-state index is 10.5. The van der Waals surface area contributed by atoms with Gasteiger partial charge in [0.25, 0.3) is 5.69 Å². The molecule has 94 valence electrons. The fourth-order valence-corrected chi connectivity index (χ4v) is 1.70. The SMILES string of the molecule is NCCc1cn(Cc2ccc([N+](=O)[O-])cc2)cn1. The Labute approximate surface area is 104 Å². The first-order valence-electron chi connectivity index (χ1n) is 5.63. The van der Waals surface area contributed by atoms with Gasteiger partial charge in [0.05, 0.1) is 16.9 Å². The first-order valence-corrected chi connectivity index (χ1v) is 5.63. The van der Waals surface area contributed by atoms with E-state index < -0.39 is 4.92 Å². The van der Waals surface area contributed by atoms with E-state index in [2.05, 4.69) is 4.98 Å². The molecule has 6 heteroatoms. The van der Waals surface area contributed by atoms with Crippen LogP contribution in [0.2, 0.25) is 0 Å². The van der Waals surface area contributed by atoms with Crippen LogP contribution < -0.4 is 5.73 Å². The van der Waals surface area contributed by atoms with Crippen molar-refractivity contribution in [2.45, 2.75) is 13.0 Å². The summed E-state index contributed by atoms with van der Waals surface area (Å²) >= 11 is 0. The monoisotopic (exact) mass is 246 g/mol. The van der Waals surface area contributed by atoms with Gasteiger partial charge in [-0.05, 0) is 12.1 Å². The lowest BCUT2D eigenvalue weighted by molar-refractivity contribution is -0.384. The van der Waals surface area contributed by atoms with Gasteiger partial charge in [0.15, 0.2) is 0 Å². The van der Waals surface area contributed by atoms with Crippen LogP contribution >= 0.6 is 0 Å². The van der Waals surface area contributed by atoms with Gasteiger partial charge in [-0.15, -0.1) is 0 Å². The average molecular weight is 246 g/mol. The Morgan fingerprint density at radius 1 is 1.33 bits per heavy atom. The summed E-state index contributed by atoms with van der Waals surface area (Å²) in [4.78, 5) is 14.3. The predicted octanol–water partition coefficient (Wildman–Crippen LogP) is 1.34. The van der Waals surface area contributed by atoms with Crippen LogP contribution in [0.3, 0.4) is 0 Å². The van der Waals surface area contributed by atoms with E-state index in [1.54, 1.807) is 18.5 Å². The van der Waals surface area contributed by atoms with E-state index in [9.17, 15) is 10.1 Å². The molecule has 1 heterocycles. The molecule has 1 aromatic carbocycles. The molecule has 0 aliphatic heterocycles. The number of hydrogen-bond donors (Lipinski definition) is 1. The number of non-ortho nitro benzene ring substituents is 1. The molecule has 0 aliphatic carbocycles. The summed E-state index contributed by atoms with van der Waals surface area (Å²) in [5, 5.41) is 10.5. The van der Waals surface area contributed by atoms with Crippen molar-refractivity contribution in [3.63, 3.8) is 0 Å². The van der Waals surface area contributed by atoms with Crippen molar-refractivity contribution < 1.29 is 4.92 Å².